The second-order valence-electron chi connectivity index (χ2n) is 7.84. The van der Waals surface area contributed by atoms with E-state index in [0.29, 0.717) is 24.4 Å². The Hall–Kier alpha value is -0.770. The fourth-order valence-corrected chi connectivity index (χ4v) is 2.91. The minimum absolute atomic E-state index is 0.208. The highest BCUT2D eigenvalue weighted by molar-refractivity contribution is 5.68. The van der Waals surface area contributed by atoms with Crippen LogP contribution in [0.3, 0.4) is 0 Å². The Morgan fingerprint density at radius 3 is 2.42 bits per heavy atom. The first kappa shape index (κ1) is 14.6. The molecular formula is C15H27NO3. The van der Waals surface area contributed by atoms with Crippen molar-refractivity contribution in [1.29, 1.82) is 0 Å². The van der Waals surface area contributed by atoms with Crippen LogP contribution in [0.5, 0.6) is 0 Å². The van der Waals surface area contributed by atoms with Gasteiger partial charge in [-0.15, -0.1) is 0 Å². The molecule has 0 aromatic rings. The Balaban J connectivity index is 1.85. The molecule has 2 rings (SSSR count). The van der Waals surface area contributed by atoms with E-state index in [9.17, 15) is 9.90 Å². The number of likely N-dealkylation sites (tertiary alicyclic amines) is 1. The fraction of sp³-hybridized carbons (Fsp3) is 0.933. The summed E-state index contributed by atoms with van der Waals surface area (Å²) in [5.74, 6) is 0.907. The van der Waals surface area contributed by atoms with Crippen molar-refractivity contribution in [3.05, 3.63) is 0 Å². The van der Waals surface area contributed by atoms with E-state index in [-0.39, 0.29) is 12.0 Å². The second-order valence-corrected chi connectivity index (χ2v) is 7.84. The van der Waals surface area contributed by atoms with Crippen LogP contribution in [0.25, 0.3) is 0 Å². The van der Waals surface area contributed by atoms with Crippen molar-refractivity contribution in [2.45, 2.75) is 59.2 Å². The van der Waals surface area contributed by atoms with Gasteiger partial charge in [-0.1, -0.05) is 13.8 Å². The summed E-state index contributed by atoms with van der Waals surface area (Å²) in [5.41, 5.74) is -0.0440. The van der Waals surface area contributed by atoms with Gasteiger partial charge in [0.2, 0.25) is 0 Å². The highest BCUT2D eigenvalue weighted by atomic mass is 16.6. The molecule has 1 aliphatic carbocycles. The topological polar surface area (TPSA) is 49.8 Å². The van der Waals surface area contributed by atoms with Crippen molar-refractivity contribution in [2.24, 2.45) is 17.3 Å². The highest BCUT2D eigenvalue weighted by Crippen LogP contribution is 2.55. The SMILES string of the molecule is CC(C)(C)OC(=O)N1C[C@@H](CC2CC2(C)C)[C@H](O)C1. The molecule has 2 fully saturated rings. The minimum atomic E-state index is -0.474. The highest BCUT2D eigenvalue weighted by Gasteiger charge is 2.48. The molecule has 2 aliphatic rings. The molecule has 1 heterocycles. The summed E-state index contributed by atoms with van der Waals surface area (Å²) in [6, 6.07) is 0. The summed E-state index contributed by atoms with van der Waals surface area (Å²) < 4.78 is 5.36. The monoisotopic (exact) mass is 269 g/mol. The lowest BCUT2D eigenvalue weighted by Gasteiger charge is -2.24. The van der Waals surface area contributed by atoms with Gasteiger partial charge in [-0.2, -0.15) is 0 Å². The summed E-state index contributed by atoms with van der Waals surface area (Å²) in [5, 5.41) is 10.1. The molecule has 4 nitrogen and oxygen atoms in total. The van der Waals surface area contributed by atoms with Gasteiger partial charge in [0.25, 0.3) is 0 Å². The Morgan fingerprint density at radius 1 is 1.37 bits per heavy atom. The quantitative estimate of drug-likeness (QED) is 0.838. The molecule has 1 N–H and O–H groups in total. The molecule has 0 spiro atoms. The van der Waals surface area contributed by atoms with Crippen LogP contribution in [-0.2, 0) is 4.74 Å². The number of nitrogens with zero attached hydrogens (tertiary/aromatic N) is 1. The third-order valence-electron chi connectivity index (χ3n) is 4.36. The lowest BCUT2D eigenvalue weighted by molar-refractivity contribution is 0.0269. The summed E-state index contributed by atoms with van der Waals surface area (Å²) in [7, 11) is 0. The molecule has 19 heavy (non-hydrogen) atoms. The van der Waals surface area contributed by atoms with Crippen molar-refractivity contribution in [1.82, 2.24) is 4.90 Å². The molecule has 1 saturated carbocycles. The van der Waals surface area contributed by atoms with Crippen LogP contribution in [0.4, 0.5) is 4.79 Å². The molecule has 0 bridgehead atoms. The zero-order valence-electron chi connectivity index (χ0n) is 12.8. The van der Waals surface area contributed by atoms with Gasteiger partial charge in [0, 0.05) is 12.5 Å². The molecule has 3 atom stereocenters. The lowest BCUT2D eigenvalue weighted by Crippen LogP contribution is -2.35. The Labute approximate surface area is 116 Å². The fourth-order valence-electron chi connectivity index (χ4n) is 2.91. The van der Waals surface area contributed by atoms with Gasteiger partial charge >= 0.3 is 6.09 Å². The number of β-amino-alcohol motifs (C(OH)–C–C–N with tert-alkyl or cyclic N) is 1. The Bertz CT molecular complexity index is 359. The molecule has 0 aromatic heterocycles. The first-order valence-electron chi connectivity index (χ1n) is 7.24. The number of hydrogen-bond donors (Lipinski definition) is 1. The van der Waals surface area contributed by atoms with Gasteiger partial charge in [0.05, 0.1) is 12.6 Å². The number of hydrogen-bond acceptors (Lipinski definition) is 3. The van der Waals surface area contributed by atoms with Gasteiger partial charge in [0.15, 0.2) is 0 Å². The summed E-state index contributed by atoms with van der Waals surface area (Å²) in [6.45, 7) is 11.2. The molecule has 4 heteroatoms. The van der Waals surface area contributed by atoms with Crippen LogP contribution in [0.15, 0.2) is 0 Å². The van der Waals surface area contributed by atoms with Crippen LogP contribution < -0.4 is 0 Å². The van der Waals surface area contributed by atoms with Crippen molar-refractivity contribution in [2.75, 3.05) is 13.1 Å². The van der Waals surface area contributed by atoms with Gasteiger partial charge in [-0.25, -0.2) is 4.79 Å². The van der Waals surface area contributed by atoms with Crippen LogP contribution in [0, 0.1) is 17.3 Å². The number of rotatable bonds is 2. The molecule has 0 aromatic carbocycles. The molecular weight excluding hydrogens is 242 g/mol. The number of carbonyl (C=O) groups is 1. The third-order valence-corrected chi connectivity index (χ3v) is 4.36. The maximum atomic E-state index is 12.0. The molecule has 110 valence electrons. The van der Waals surface area contributed by atoms with Crippen molar-refractivity contribution < 1.29 is 14.6 Å². The maximum absolute atomic E-state index is 12.0. The van der Waals surface area contributed by atoms with E-state index in [4.69, 9.17) is 4.74 Å². The zero-order chi connectivity index (χ0) is 14.4. The minimum Gasteiger partial charge on any atom is -0.444 e. The van der Waals surface area contributed by atoms with E-state index in [1.165, 1.54) is 6.42 Å². The number of amides is 1. The predicted octanol–water partition coefficient (Wildman–Crippen LogP) is 2.65. The van der Waals surface area contributed by atoms with Crippen molar-refractivity contribution >= 4 is 6.09 Å². The standard InChI is InChI=1S/C15H27NO3/c1-14(2,3)19-13(18)16-8-10(12(17)9-16)6-11-7-15(11,4)5/h10-12,17H,6-9H2,1-5H3/t10-,11?,12-/m1/s1. The number of ether oxygens (including phenoxy) is 1. The number of aliphatic hydroxyl groups excluding tert-OH is 1. The molecule has 1 amide bonds. The van der Waals surface area contributed by atoms with Gasteiger partial charge in [-0.05, 0) is 44.9 Å². The van der Waals surface area contributed by atoms with Crippen LogP contribution in [0.1, 0.15) is 47.5 Å². The number of carbonyl (C=O) groups excluding carboxylic acids is 1. The third kappa shape index (κ3) is 3.62. The summed E-state index contributed by atoms with van der Waals surface area (Å²) in [6.07, 6.45) is 1.56. The molecule has 1 aliphatic heterocycles. The van der Waals surface area contributed by atoms with Crippen molar-refractivity contribution in [3.8, 4) is 0 Å². The molecule has 0 radical (unpaired) electrons. The van der Waals surface area contributed by atoms with Gasteiger partial charge in [0.1, 0.15) is 5.60 Å². The smallest absolute Gasteiger partial charge is 0.410 e. The molecule has 1 unspecified atom stereocenters. The van der Waals surface area contributed by atoms with E-state index >= 15 is 0 Å². The van der Waals surface area contributed by atoms with E-state index in [0.717, 1.165) is 6.42 Å². The summed E-state index contributed by atoms with van der Waals surface area (Å²) in [4.78, 5) is 13.6. The maximum Gasteiger partial charge on any atom is 0.410 e. The van der Waals surface area contributed by atoms with Gasteiger partial charge in [-0.3, -0.25) is 0 Å². The first-order valence-corrected chi connectivity index (χ1v) is 7.24. The molecule has 1 saturated heterocycles. The largest absolute Gasteiger partial charge is 0.444 e. The normalized spacial score (nSPS) is 33.4. The average molecular weight is 269 g/mol. The Kier molecular flexibility index (Phi) is 3.58. The lowest BCUT2D eigenvalue weighted by atomic mass is 9.95. The van der Waals surface area contributed by atoms with E-state index in [1.807, 2.05) is 20.8 Å². The summed E-state index contributed by atoms with van der Waals surface area (Å²) >= 11 is 0. The Morgan fingerprint density at radius 2 is 1.95 bits per heavy atom. The van der Waals surface area contributed by atoms with E-state index < -0.39 is 11.7 Å². The van der Waals surface area contributed by atoms with E-state index in [1.54, 1.807) is 4.90 Å². The van der Waals surface area contributed by atoms with Crippen LogP contribution >= 0.6 is 0 Å². The average Bonchev–Trinajstić information content (AvgIpc) is 2.64. The zero-order valence-corrected chi connectivity index (χ0v) is 12.8. The second kappa shape index (κ2) is 4.65. The predicted molar refractivity (Wildman–Crippen MR) is 73.8 cm³/mol. The van der Waals surface area contributed by atoms with E-state index in [2.05, 4.69) is 13.8 Å². The van der Waals surface area contributed by atoms with Crippen LogP contribution in [0.2, 0.25) is 0 Å². The van der Waals surface area contributed by atoms with Gasteiger partial charge < -0.3 is 14.7 Å². The van der Waals surface area contributed by atoms with Crippen LogP contribution in [-0.4, -0.2) is 40.9 Å². The first-order chi connectivity index (χ1) is 8.58. The van der Waals surface area contributed by atoms with Crippen molar-refractivity contribution in [3.63, 3.8) is 0 Å². The number of aliphatic hydroxyl groups is 1.